The van der Waals surface area contributed by atoms with E-state index >= 15 is 0 Å². The summed E-state index contributed by atoms with van der Waals surface area (Å²) in [7, 11) is 3.34. The lowest BCUT2D eigenvalue weighted by molar-refractivity contribution is 0.203. The van der Waals surface area contributed by atoms with Gasteiger partial charge in [-0.3, -0.25) is 0 Å². The second kappa shape index (κ2) is 9.03. The van der Waals surface area contributed by atoms with E-state index in [1.54, 1.807) is 19.1 Å². The number of rotatable bonds is 7. The van der Waals surface area contributed by atoms with Crippen LogP contribution in [0.5, 0.6) is 11.5 Å². The van der Waals surface area contributed by atoms with Crippen molar-refractivity contribution in [3.05, 3.63) is 59.1 Å². The topological polar surface area (TPSA) is 50.8 Å². The van der Waals surface area contributed by atoms with Crippen molar-refractivity contribution in [2.24, 2.45) is 0 Å². The molecule has 0 aliphatic carbocycles. The van der Waals surface area contributed by atoms with E-state index in [1.807, 2.05) is 48.5 Å². The molecular weight excluding hydrogens is 328 g/mol. The molecule has 0 bridgehead atoms. The number of halogens is 1. The minimum absolute atomic E-state index is 0.173. The first-order valence-corrected chi connectivity index (χ1v) is 7.97. The molecule has 1 N–H and O–H groups in total. The highest BCUT2D eigenvalue weighted by atomic mass is 35.5. The van der Waals surface area contributed by atoms with Gasteiger partial charge in [0.1, 0.15) is 18.1 Å². The molecule has 0 unspecified atom stereocenters. The molecule has 0 aliphatic rings. The summed E-state index contributed by atoms with van der Waals surface area (Å²) in [5, 5.41) is 3.46. The molecule has 0 spiro atoms. The summed E-state index contributed by atoms with van der Waals surface area (Å²) in [6.07, 6.45) is 0. The number of amides is 2. The van der Waals surface area contributed by atoms with Gasteiger partial charge in [-0.05, 0) is 35.9 Å². The van der Waals surface area contributed by atoms with Gasteiger partial charge < -0.3 is 19.7 Å². The fourth-order valence-corrected chi connectivity index (χ4v) is 2.28. The van der Waals surface area contributed by atoms with Gasteiger partial charge in [-0.1, -0.05) is 29.8 Å². The Morgan fingerprint density at radius 3 is 2.46 bits per heavy atom. The largest absolute Gasteiger partial charge is 0.497 e. The first-order chi connectivity index (χ1) is 11.6. The first kappa shape index (κ1) is 17.9. The number of hydrogen-bond donors (Lipinski definition) is 1. The van der Waals surface area contributed by atoms with Gasteiger partial charge in [-0.2, -0.15) is 0 Å². The lowest BCUT2D eigenvalue weighted by atomic mass is 10.2. The third-order valence-corrected chi connectivity index (χ3v) is 3.79. The minimum Gasteiger partial charge on any atom is -0.497 e. The van der Waals surface area contributed by atoms with Gasteiger partial charge in [-0.15, -0.1) is 0 Å². The van der Waals surface area contributed by atoms with Gasteiger partial charge in [0.15, 0.2) is 0 Å². The monoisotopic (exact) mass is 348 g/mol. The highest BCUT2D eigenvalue weighted by molar-refractivity contribution is 6.31. The molecule has 128 valence electrons. The third-order valence-electron chi connectivity index (χ3n) is 3.42. The number of urea groups is 1. The highest BCUT2D eigenvalue weighted by Gasteiger charge is 2.10. The van der Waals surface area contributed by atoms with E-state index < -0.39 is 0 Å². The molecule has 0 saturated carbocycles. The summed E-state index contributed by atoms with van der Waals surface area (Å²) in [5.41, 5.74) is 0.909. The maximum Gasteiger partial charge on any atom is 0.317 e. The predicted molar refractivity (Wildman–Crippen MR) is 94.8 cm³/mol. The fraction of sp³-hybridized carbons (Fsp3) is 0.278. The molecule has 0 radical (unpaired) electrons. The van der Waals surface area contributed by atoms with Gasteiger partial charge in [-0.25, -0.2) is 4.79 Å². The zero-order valence-electron chi connectivity index (χ0n) is 13.8. The van der Waals surface area contributed by atoms with Crippen LogP contribution >= 0.6 is 11.6 Å². The van der Waals surface area contributed by atoms with Crippen molar-refractivity contribution in [2.75, 3.05) is 27.3 Å². The molecule has 2 amide bonds. The molecule has 2 aromatic carbocycles. The number of hydrogen-bond acceptors (Lipinski definition) is 3. The Labute approximate surface area is 147 Å². The Morgan fingerprint density at radius 1 is 1.12 bits per heavy atom. The van der Waals surface area contributed by atoms with Crippen molar-refractivity contribution in [2.45, 2.75) is 6.54 Å². The fourth-order valence-electron chi connectivity index (χ4n) is 2.09. The van der Waals surface area contributed by atoms with Gasteiger partial charge in [0, 0.05) is 18.6 Å². The Kier molecular flexibility index (Phi) is 6.75. The average Bonchev–Trinajstić information content (AvgIpc) is 2.61. The number of nitrogens with zero attached hydrogens (tertiary/aromatic N) is 1. The summed E-state index contributed by atoms with van der Waals surface area (Å²) in [5.74, 6) is 1.51. The maximum absolute atomic E-state index is 12.1. The van der Waals surface area contributed by atoms with E-state index in [2.05, 4.69) is 5.32 Å². The molecule has 0 fully saturated rings. The SMILES string of the molecule is COc1ccc(OCCNC(=O)N(C)Cc2ccccc2Cl)cc1. The van der Waals surface area contributed by atoms with Crippen LogP contribution in [0.2, 0.25) is 5.02 Å². The van der Waals surface area contributed by atoms with Crippen LogP contribution in [0.1, 0.15) is 5.56 Å². The smallest absolute Gasteiger partial charge is 0.317 e. The first-order valence-electron chi connectivity index (χ1n) is 7.59. The van der Waals surface area contributed by atoms with Crippen LogP contribution in [-0.4, -0.2) is 38.2 Å². The van der Waals surface area contributed by atoms with Gasteiger partial charge in [0.2, 0.25) is 0 Å². The molecule has 24 heavy (non-hydrogen) atoms. The van der Waals surface area contributed by atoms with Crippen molar-refractivity contribution >= 4 is 17.6 Å². The van der Waals surface area contributed by atoms with E-state index in [-0.39, 0.29) is 6.03 Å². The summed E-state index contributed by atoms with van der Waals surface area (Å²) < 4.78 is 10.6. The van der Waals surface area contributed by atoms with E-state index in [1.165, 1.54) is 0 Å². The second-order valence-corrected chi connectivity index (χ2v) is 5.61. The van der Waals surface area contributed by atoms with Crippen LogP contribution < -0.4 is 14.8 Å². The van der Waals surface area contributed by atoms with E-state index in [0.29, 0.717) is 24.7 Å². The van der Waals surface area contributed by atoms with Crippen LogP contribution in [0.3, 0.4) is 0 Å². The summed E-state index contributed by atoms with van der Waals surface area (Å²) in [4.78, 5) is 13.6. The molecule has 2 rings (SSSR count). The maximum atomic E-state index is 12.1. The number of carbonyl (C=O) groups excluding carboxylic acids is 1. The number of ether oxygens (including phenoxy) is 2. The van der Waals surface area contributed by atoms with Crippen LogP contribution in [0, 0.1) is 0 Å². The average molecular weight is 349 g/mol. The predicted octanol–water partition coefficient (Wildman–Crippen LogP) is 3.57. The number of methoxy groups -OCH3 is 1. The lowest BCUT2D eigenvalue weighted by Gasteiger charge is -2.18. The van der Waals surface area contributed by atoms with Gasteiger partial charge in [0.05, 0.1) is 13.7 Å². The van der Waals surface area contributed by atoms with Crippen molar-refractivity contribution in [3.8, 4) is 11.5 Å². The molecule has 0 heterocycles. The second-order valence-electron chi connectivity index (χ2n) is 5.20. The lowest BCUT2D eigenvalue weighted by Crippen LogP contribution is -2.38. The molecule has 0 aliphatic heterocycles. The van der Waals surface area contributed by atoms with Crippen molar-refractivity contribution in [1.82, 2.24) is 10.2 Å². The zero-order chi connectivity index (χ0) is 17.4. The number of nitrogens with one attached hydrogen (secondary N) is 1. The van der Waals surface area contributed by atoms with Gasteiger partial charge in [0.25, 0.3) is 0 Å². The number of carbonyl (C=O) groups is 1. The molecule has 5 nitrogen and oxygen atoms in total. The van der Waals surface area contributed by atoms with E-state index in [4.69, 9.17) is 21.1 Å². The summed E-state index contributed by atoms with van der Waals surface area (Å²) in [6, 6.07) is 14.6. The molecule has 0 saturated heterocycles. The Bertz CT molecular complexity index is 662. The Hall–Kier alpha value is -2.40. The molecular formula is C18H21ClN2O3. The summed E-state index contributed by atoms with van der Waals surface area (Å²) in [6.45, 7) is 1.25. The summed E-state index contributed by atoms with van der Waals surface area (Å²) >= 11 is 6.10. The number of benzene rings is 2. The Balaban J connectivity index is 1.71. The molecule has 6 heteroatoms. The van der Waals surface area contributed by atoms with Crippen LogP contribution in [0.15, 0.2) is 48.5 Å². The minimum atomic E-state index is -0.173. The third kappa shape index (κ3) is 5.35. The van der Waals surface area contributed by atoms with Crippen LogP contribution in [-0.2, 0) is 6.54 Å². The normalized spacial score (nSPS) is 10.1. The van der Waals surface area contributed by atoms with Crippen LogP contribution in [0.25, 0.3) is 0 Å². The molecule has 0 atom stereocenters. The molecule has 2 aromatic rings. The van der Waals surface area contributed by atoms with E-state index in [0.717, 1.165) is 17.1 Å². The zero-order valence-corrected chi connectivity index (χ0v) is 14.5. The van der Waals surface area contributed by atoms with E-state index in [9.17, 15) is 4.79 Å². The quantitative estimate of drug-likeness (QED) is 0.778. The van der Waals surface area contributed by atoms with Crippen molar-refractivity contribution < 1.29 is 14.3 Å². The standard InChI is InChI=1S/C18H21ClN2O3/c1-21(13-14-5-3-4-6-17(14)19)18(22)20-11-12-24-16-9-7-15(23-2)8-10-16/h3-10H,11-13H2,1-2H3,(H,20,22). The Morgan fingerprint density at radius 2 is 1.79 bits per heavy atom. The van der Waals surface area contributed by atoms with Crippen molar-refractivity contribution in [1.29, 1.82) is 0 Å². The molecule has 0 aromatic heterocycles. The van der Waals surface area contributed by atoms with Gasteiger partial charge >= 0.3 is 6.03 Å². The van der Waals surface area contributed by atoms with Crippen molar-refractivity contribution in [3.63, 3.8) is 0 Å². The van der Waals surface area contributed by atoms with Crippen LogP contribution in [0.4, 0.5) is 4.79 Å². The highest BCUT2D eigenvalue weighted by Crippen LogP contribution is 2.17.